The lowest BCUT2D eigenvalue weighted by Gasteiger charge is -2.27. The van der Waals surface area contributed by atoms with Gasteiger partial charge in [0.1, 0.15) is 5.56 Å². The van der Waals surface area contributed by atoms with Crippen molar-refractivity contribution in [1.82, 2.24) is 4.90 Å². The average Bonchev–Trinajstić information content (AvgIpc) is 2.67. The number of carbonyl (C=O) groups excluding carboxylic acids is 1. The van der Waals surface area contributed by atoms with Crippen molar-refractivity contribution in [3.05, 3.63) is 80.9 Å². The third kappa shape index (κ3) is 3.33. The van der Waals surface area contributed by atoms with Gasteiger partial charge >= 0.3 is 0 Å². The Morgan fingerprint density at radius 3 is 2.54 bits per heavy atom. The molecule has 0 N–H and O–H groups in total. The van der Waals surface area contributed by atoms with Gasteiger partial charge in [0.2, 0.25) is 0 Å². The summed E-state index contributed by atoms with van der Waals surface area (Å²) in [5.41, 5.74) is 3.35. The maximum atomic E-state index is 12.8. The number of rotatable bonds is 3. The second-order valence-corrected chi connectivity index (χ2v) is 6.15. The smallest absolute Gasteiger partial charge is 0.282 e. The van der Waals surface area contributed by atoms with Crippen LogP contribution >= 0.6 is 0 Å². The first-order valence-electron chi connectivity index (χ1n) is 8.24. The first-order chi connectivity index (χ1) is 12.5. The molecule has 6 heteroatoms. The predicted molar refractivity (Wildman–Crippen MR) is 97.5 cm³/mol. The van der Waals surface area contributed by atoms with Crippen molar-refractivity contribution in [1.29, 1.82) is 5.26 Å². The number of hydrogen-bond acceptors (Lipinski definition) is 4. The number of nitriles is 1. The molecule has 0 bridgehead atoms. The summed E-state index contributed by atoms with van der Waals surface area (Å²) < 4.78 is 0. The van der Waals surface area contributed by atoms with E-state index < -0.39 is 4.92 Å². The molecule has 0 radical (unpaired) electrons. The molecule has 0 aliphatic carbocycles. The molecule has 1 aliphatic rings. The summed E-state index contributed by atoms with van der Waals surface area (Å²) in [6, 6.07) is 14.1. The average molecular weight is 347 g/mol. The van der Waals surface area contributed by atoms with Gasteiger partial charge in [0.05, 0.1) is 16.6 Å². The van der Waals surface area contributed by atoms with Gasteiger partial charge in [0.15, 0.2) is 0 Å². The fraction of sp³-hybridized carbons (Fsp3) is 0.200. The zero-order valence-corrected chi connectivity index (χ0v) is 14.3. The number of amides is 1. The van der Waals surface area contributed by atoms with Crippen LogP contribution in [0.2, 0.25) is 0 Å². The second-order valence-electron chi connectivity index (χ2n) is 6.15. The number of nitro benzene ring substituents is 1. The first-order valence-corrected chi connectivity index (χ1v) is 8.24. The molecule has 1 aliphatic heterocycles. The van der Waals surface area contributed by atoms with Crippen molar-refractivity contribution < 1.29 is 9.72 Å². The molecule has 0 saturated heterocycles. The Bertz CT molecular complexity index is 940. The number of aryl methyl sites for hydroxylation is 1. The molecule has 0 fully saturated rings. The van der Waals surface area contributed by atoms with Crippen molar-refractivity contribution in [2.24, 2.45) is 0 Å². The molecule has 3 rings (SSSR count). The van der Waals surface area contributed by atoms with Crippen molar-refractivity contribution in [3.63, 3.8) is 0 Å². The highest BCUT2D eigenvalue weighted by Gasteiger charge is 2.27. The third-order valence-corrected chi connectivity index (χ3v) is 4.54. The fourth-order valence-corrected chi connectivity index (χ4v) is 3.12. The summed E-state index contributed by atoms with van der Waals surface area (Å²) in [7, 11) is 0. The van der Waals surface area contributed by atoms with Crippen LogP contribution in [-0.4, -0.2) is 28.8 Å². The maximum absolute atomic E-state index is 12.8. The Morgan fingerprint density at radius 2 is 1.96 bits per heavy atom. The van der Waals surface area contributed by atoms with E-state index in [1.54, 1.807) is 36.1 Å². The van der Waals surface area contributed by atoms with Crippen LogP contribution in [0.15, 0.2) is 48.5 Å². The number of hydrogen-bond donors (Lipinski definition) is 0. The van der Waals surface area contributed by atoms with Crippen LogP contribution < -0.4 is 0 Å². The second kappa shape index (κ2) is 7.19. The van der Waals surface area contributed by atoms with E-state index in [4.69, 9.17) is 5.26 Å². The van der Waals surface area contributed by atoms with Crippen LogP contribution in [0.25, 0.3) is 5.57 Å². The summed E-state index contributed by atoms with van der Waals surface area (Å²) in [6.45, 7) is 2.61. The molecular weight excluding hydrogens is 330 g/mol. The van der Waals surface area contributed by atoms with Gasteiger partial charge in [-0.05, 0) is 42.2 Å². The van der Waals surface area contributed by atoms with E-state index in [1.165, 1.54) is 6.07 Å². The van der Waals surface area contributed by atoms with E-state index in [-0.39, 0.29) is 17.2 Å². The molecule has 2 aromatic rings. The van der Waals surface area contributed by atoms with Gasteiger partial charge in [-0.2, -0.15) is 5.26 Å². The number of carbonyl (C=O) groups is 1. The Kier molecular flexibility index (Phi) is 4.81. The van der Waals surface area contributed by atoms with Crippen LogP contribution in [0.5, 0.6) is 0 Å². The summed E-state index contributed by atoms with van der Waals surface area (Å²) in [5.74, 6) is -0.315. The standard InChI is InChI=1S/C20H17N3O3/c1-14-3-2-4-18(23(25)26)19(14)20(24)22-11-9-17(10-12-22)16-7-5-15(13-21)6-8-16/h2-9H,10-12H2,1H3. The first kappa shape index (κ1) is 17.4. The summed E-state index contributed by atoms with van der Waals surface area (Å²) >= 11 is 0. The Balaban J connectivity index is 1.81. The lowest BCUT2D eigenvalue weighted by atomic mass is 9.97. The lowest BCUT2D eigenvalue weighted by molar-refractivity contribution is -0.385. The van der Waals surface area contributed by atoms with Crippen molar-refractivity contribution in [2.75, 3.05) is 13.1 Å². The van der Waals surface area contributed by atoms with E-state index in [9.17, 15) is 14.9 Å². The molecule has 0 spiro atoms. The topological polar surface area (TPSA) is 87.2 Å². The summed E-state index contributed by atoms with van der Waals surface area (Å²) in [4.78, 5) is 25.2. The molecule has 0 aromatic heterocycles. The van der Waals surface area contributed by atoms with Crippen molar-refractivity contribution in [3.8, 4) is 6.07 Å². The van der Waals surface area contributed by atoms with Gasteiger partial charge in [-0.15, -0.1) is 0 Å². The molecule has 0 atom stereocenters. The molecule has 0 unspecified atom stereocenters. The largest absolute Gasteiger partial charge is 0.334 e. The Labute approximate surface area is 151 Å². The van der Waals surface area contributed by atoms with Crippen molar-refractivity contribution in [2.45, 2.75) is 13.3 Å². The summed E-state index contributed by atoms with van der Waals surface area (Å²) in [5, 5.41) is 20.1. The summed E-state index contributed by atoms with van der Waals surface area (Å²) in [6.07, 6.45) is 2.63. The Morgan fingerprint density at radius 1 is 1.23 bits per heavy atom. The van der Waals surface area contributed by atoms with Crippen LogP contribution in [0, 0.1) is 28.4 Å². The van der Waals surface area contributed by atoms with Crippen molar-refractivity contribution >= 4 is 17.2 Å². The molecule has 26 heavy (non-hydrogen) atoms. The van der Waals surface area contributed by atoms with Crippen LogP contribution in [0.4, 0.5) is 5.69 Å². The Hall–Kier alpha value is -3.46. The lowest BCUT2D eigenvalue weighted by Crippen LogP contribution is -2.35. The van der Waals surface area contributed by atoms with E-state index >= 15 is 0 Å². The minimum absolute atomic E-state index is 0.156. The van der Waals surface area contributed by atoms with E-state index in [2.05, 4.69) is 6.07 Å². The minimum Gasteiger partial charge on any atom is -0.334 e. The quantitative estimate of drug-likeness (QED) is 0.625. The molecule has 1 amide bonds. The minimum atomic E-state index is -0.512. The number of benzene rings is 2. The van der Waals surface area contributed by atoms with Crippen LogP contribution in [-0.2, 0) is 0 Å². The fourth-order valence-electron chi connectivity index (χ4n) is 3.12. The maximum Gasteiger partial charge on any atom is 0.282 e. The van der Waals surface area contributed by atoms with Gasteiger partial charge in [0, 0.05) is 19.2 Å². The highest BCUT2D eigenvalue weighted by Crippen LogP contribution is 2.27. The number of nitrogens with zero attached hydrogens (tertiary/aromatic N) is 3. The molecule has 6 nitrogen and oxygen atoms in total. The van der Waals surface area contributed by atoms with Crippen LogP contribution in [0.1, 0.15) is 33.5 Å². The SMILES string of the molecule is Cc1cccc([N+](=O)[O-])c1C(=O)N1CC=C(c2ccc(C#N)cc2)CC1. The molecule has 0 saturated carbocycles. The molecule has 1 heterocycles. The monoisotopic (exact) mass is 347 g/mol. The van der Waals surface area contributed by atoms with E-state index in [0.717, 1.165) is 11.1 Å². The van der Waals surface area contributed by atoms with Crippen LogP contribution in [0.3, 0.4) is 0 Å². The van der Waals surface area contributed by atoms with Gasteiger partial charge in [-0.3, -0.25) is 14.9 Å². The van der Waals surface area contributed by atoms with E-state index in [1.807, 2.05) is 18.2 Å². The zero-order valence-electron chi connectivity index (χ0n) is 14.3. The zero-order chi connectivity index (χ0) is 18.7. The molecular formula is C20H17N3O3. The van der Waals surface area contributed by atoms with Gasteiger partial charge in [0.25, 0.3) is 11.6 Å². The predicted octanol–water partition coefficient (Wildman–Crippen LogP) is 3.70. The molecule has 130 valence electrons. The van der Waals surface area contributed by atoms with Gasteiger partial charge < -0.3 is 4.90 Å². The van der Waals surface area contributed by atoms with Gasteiger partial charge in [-0.25, -0.2) is 0 Å². The highest BCUT2D eigenvalue weighted by molar-refractivity contribution is 6.00. The molecule has 2 aromatic carbocycles. The van der Waals surface area contributed by atoms with Gasteiger partial charge in [-0.1, -0.05) is 30.3 Å². The normalized spacial score (nSPS) is 13.7. The number of nitro groups is 1. The van der Waals surface area contributed by atoms with E-state index in [0.29, 0.717) is 30.6 Å². The highest BCUT2D eigenvalue weighted by atomic mass is 16.6. The third-order valence-electron chi connectivity index (χ3n) is 4.54.